The SMILES string of the molecule is COC(=O)[C@@H]1CN(C(=O)CN(Cc2cccc(C)c2)S(=O)(=O)c2ccc(Cl)cc2)c2ccccc2O1. The first-order valence-corrected chi connectivity index (χ1v) is 13.0. The number of hydrogen-bond acceptors (Lipinski definition) is 6. The monoisotopic (exact) mass is 528 g/mol. The highest BCUT2D eigenvalue weighted by atomic mass is 35.5. The molecule has 0 saturated heterocycles. The van der Waals surface area contributed by atoms with Crippen LogP contribution in [0.2, 0.25) is 5.02 Å². The van der Waals surface area contributed by atoms with E-state index in [1.54, 1.807) is 30.3 Å². The molecule has 0 N–H and O–H groups in total. The standard InChI is InChI=1S/C26H25ClN2O6S/c1-18-6-5-7-19(14-18)15-28(36(32,33)21-12-10-20(27)11-13-21)17-25(30)29-16-24(26(31)34-2)35-23-9-4-3-8-22(23)29/h3-14,24H,15-17H2,1-2H3/t24-/m0/s1. The number of rotatable bonds is 7. The third-order valence-electron chi connectivity index (χ3n) is 5.74. The van der Waals surface area contributed by atoms with Crippen LogP contribution in [0.15, 0.2) is 77.7 Å². The number of methoxy groups -OCH3 is 1. The Morgan fingerprint density at radius 1 is 1.08 bits per heavy atom. The molecule has 0 unspecified atom stereocenters. The molecule has 0 aliphatic carbocycles. The number of nitrogens with zero attached hydrogens (tertiary/aromatic N) is 2. The van der Waals surface area contributed by atoms with Crippen molar-refractivity contribution in [1.82, 2.24) is 4.31 Å². The second-order valence-corrected chi connectivity index (χ2v) is 10.7. The number of hydrogen-bond donors (Lipinski definition) is 0. The van der Waals surface area contributed by atoms with Gasteiger partial charge in [-0.3, -0.25) is 4.79 Å². The molecule has 3 aromatic rings. The van der Waals surface area contributed by atoms with Crippen LogP contribution in [0.1, 0.15) is 11.1 Å². The fourth-order valence-corrected chi connectivity index (χ4v) is 5.46. The predicted molar refractivity (Wildman–Crippen MR) is 135 cm³/mol. The van der Waals surface area contributed by atoms with Crippen LogP contribution in [0.4, 0.5) is 5.69 Å². The van der Waals surface area contributed by atoms with Crippen molar-refractivity contribution in [3.05, 3.63) is 88.9 Å². The normalized spacial score (nSPS) is 15.2. The molecule has 1 heterocycles. The van der Waals surface area contributed by atoms with Crippen LogP contribution in [0.3, 0.4) is 0 Å². The number of para-hydroxylation sites is 2. The van der Waals surface area contributed by atoms with Gasteiger partial charge >= 0.3 is 5.97 Å². The summed E-state index contributed by atoms with van der Waals surface area (Å²) in [6.45, 7) is 1.32. The van der Waals surface area contributed by atoms with Crippen molar-refractivity contribution in [1.29, 1.82) is 0 Å². The maximum atomic E-state index is 13.6. The van der Waals surface area contributed by atoms with Gasteiger partial charge in [0.2, 0.25) is 22.0 Å². The summed E-state index contributed by atoms with van der Waals surface area (Å²) in [5, 5.41) is 0.397. The van der Waals surface area contributed by atoms with E-state index in [9.17, 15) is 18.0 Å². The molecule has 1 aliphatic rings. The maximum absolute atomic E-state index is 13.6. The lowest BCUT2D eigenvalue weighted by molar-refractivity contribution is -0.148. The highest BCUT2D eigenvalue weighted by Gasteiger charge is 2.36. The second kappa shape index (κ2) is 10.7. The van der Waals surface area contributed by atoms with Crippen LogP contribution in [-0.4, -0.2) is 50.9 Å². The summed E-state index contributed by atoms with van der Waals surface area (Å²) in [6, 6.07) is 20.0. The Hall–Kier alpha value is -3.40. The third-order valence-corrected chi connectivity index (χ3v) is 7.80. The number of aryl methyl sites for hydroxylation is 1. The van der Waals surface area contributed by atoms with E-state index >= 15 is 0 Å². The summed E-state index contributed by atoms with van der Waals surface area (Å²) >= 11 is 5.95. The van der Waals surface area contributed by atoms with Crippen LogP contribution in [0, 0.1) is 6.92 Å². The quantitative estimate of drug-likeness (QED) is 0.433. The number of fused-ring (bicyclic) bond motifs is 1. The van der Waals surface area contributed by atoms with Gasteiger partial charge in [0, 0.05) is 11.6 Å². The van der Waals surface area contributed by atoms with Crippen molar-refractivity contribution in [3.8, 4) is 5.75 Å². The molecular weight excluding hydrogens is 504 g/mol. The molecule has 0 radical (unpaired) electrons. The van der Waals surface area contributed by atoms with Crippen LogP contribution >= 0.6 is 11.6 Å². The van der Waals surface area contributed by atoms with E-state index in [0.717, 1.165) is 15.4 Å². The zero-order valence-corrected chi connectivity index (χ0v) is 21.3. The summed E-state index contributed by atoms with van der Waals surface area (Å²) in [5.74, 6) is -0.809. The molecule has 188 valence electrons. The third kappa shape index (κ3) is 5.53. The topological polar surface area (TPSA) is 93.2 Å². The molecular formula is C26H25ClN2O6S. The van der Waals surface area contributed by atoms with Crippen LogP contribution in [0.25, 0.3) is 0 Å². The lowest BCUT2D eigenvalue weighted by atomic mass is 10.1. The lowest BCUT2D eigenvalue weighted by Gasteiger charge is -2.34. The lowest BCUT2D eigenvalue weighted by Crippen LogP contribution is -2.50. The molecule has 1 amide bonds. The van der Waals surface area contributed by atoms with Crippen molar-refractivity contribution in [3.63, 3.8) is 0 Å². The molecule has 36 heavy (non-hydrogen) atoms. The minimum absolute atomic E-state index is 0.0159. The largest absolute Gasteiger partial charge is 0.475 e. The molecule has 1 aliphatic heterocycles. The zero-order valence-electron chi connectivity index (χ0n) is 19.8. The number of esters is 1. The first-order chi connectivity index (χ1) is 17.2. The Bertz CT molecular complexity index is 1380. The van der Waals surface area contributed by atoms with Gasteiger partial charge in [0.1, 0.15) is 5.75 Å². The van der Waals surface area contributed by atoms with Gasteiger partial charge in [-0.05, 0) is 48.9 Å². The number of ether oxygens (including phenoxy) is 2. The number of anilines is 1. The highest BCUT2D eigenvalue weighted by Crippen LogP contribution is 2.34. The second-order valence-electron chi connectivity index (χ2n) is 8.32. The fourth-order valence-electron chi connectivity index (χ4n) is 3.96. The van der Waals surface area contributed by atoms with E-state index in [-0.39, 0.29) is 18.0 Å². The van der Waals surface area contributed by atoms with E-state index in [2.05, 4.69) is 0 Å². The first-order valence-electron chi connectivity index (χ1n) is 11.1. The van der Waals surface area contributed by atoms with Gasteiger partial charge in [0.05, 0.1) is 30.8 Å². The predicted octanol–water partition coefficient (Wildman–Crippen LogP) is 3.81. The average Bonchev–Trinajstić information content (AvgIpc) is 2.87. The Morgan fingerprint density at radius 2 is 1.81 bits per heavy atom. The Morgan fingerprint density at radius 3 is 2.50 bits per heavy atom. The van der Waals surface area contributed by atoms with Gasteiger partial charge in [-0.15, -0.1) is 0 Å². The van der Waals surface area contributed by atoms with Gasteiger partial charge in [-0.25, -0.2) is 13.2 Å². The van der Waals surface area contributed by atoms with Gasteiger partial charge in [0.15, 0.2) is 0 Å². The molecule has 0 bridgehead atoms. The summed E-state index contributed by atoms with van der Waals surface area (Å²) in [5.41, 5.74) is 2.14. The van der Waals surface area contributed by atoms with Crippen molar-refractivity contribution in [2.45, 2.75) is 24.5 Å². The number of amides is 1. The molecule has 0 spiro atoms. The summed E-state index contributed by atoms with van der Waals surface area (Å²) in [4.78, 5) is 27.2. The minimum Gasteiger partial charge on any atom is -0.475 e. The molecule has 0 saturated carbocycles. The number of carbonyl (C=O) groups is 2. The summed E-state index contributed by atoms with van der Waals surface area (Å²) < 4.78 is 38.9. The first kappa shape index (κ1) is 25.7. The molecule has 4 rings (SSSR count). The van der Waals surface area contributed by atoms with Crippen molar-refractivity contribution >= 4 is 39.2 Å². The van der Waals surface area contributed by atoms with E-state index in [4.69, 9.17) is 21.1 Å². The smallest absolute Gasteiger partial charge is 0.348 e. The van der Waals surface area contributed by atoms with Gasteiger partial charge in [-0.2, -0.15) is 4.31 Å². The van der Waals surface area contributed by atoms with E-state index in [1.807, 2.05) is 25.1 Å². The van der Waals surface area contributed by atoms with Crippen molar-refractivity contribution in [2.75, 3.05) is 25.1 Å². The maximum Gasteiger partial charge on any atom is 0.348 e. The molecule has 10 heteroatoms. The van der Waals surface area contributed by atoms with Crippen LogP contribution in [0.5, 0.6) is 5.75 Å². The Balaban J connectivity index is 1.69. The van der Waals surface area contributed by atoms with Crippen molar-refractivity contribution < 1.29 is 27.5 Å². The molecule has 1 atom stereocenters. The highest BCUT2D eigenvalue weighted by molar-refractivity contribution is 7.89. The minimum atomic E-state index is -4.07. The van der Waals surface area contributed by atoms with Gasteiger partial charge in [-0.1, -0.05) is 53.6 Å². The summed E-state index contributed by atoms with van der Waals surface area (Å²) in [6.07, 6.45) is -1.04. The van der Waals surface area contributed by atoms with Crippen LogP contribution < -0.4 is 9.64 Å². The van der Waals surface area contributed by atoms with Crippen molar-refractivity contribution in [2.24, 2.45) is 0 Å². The Kier molecular flexibility index (Phi) is 7.63. The van der Waals surface area contributed by atoms with E-state index < -0.39 is 34.5 Å². The number of halogens is 1. The number of sulfonamides is 1. The van der Waals surface area contributed by atoms with Gasteiger partial charge < -0.3 is 14.4 Å². The Labute approximate surface area is 215 Å². The summed E-state index contributed by atoms with van der Waals surface area (Å²) in [7, 11) is -2.83. The van der Waals surface area contributed by atoms with E-state index in [1.165, 1.54) is 36.3 Å². The van der Waals surface area contributed by atoms with Gasteiger partial charge in [0.25, 0.3) is 0 Å². The zero-order chi connectivity index (χ0) is 25.9. The number of carbonyl (C=O) groups excluding carboxylic acids is 2. The molecule has 0 fully saturated rings. The fraction of sp³-hybridized carbons (Fsp3) is 0.231. The number of benzene rings is 3. The average molecular weight is 529 g/mol. The molecule has 8 nitrogen and oxygen atoms in total. The molecule has 3 aromatic carbocycles. The molecule has 0 aromatic heterocycles. The van der Waals surface area contributed by atoms with E-state index in [0.29, 0.717) is 16.5 Å². The van der Waals surface area contributed by atoms with Crippen LogP contribution in [-0.2, 0) is 30.9 Å².